The molecule has 1 N–H and O–H groups in total. The topological polar surface area (TPSA) is 38.7 Å². The van der Waals surface area contributed by atoms with Crippen LogP contribution in [0.3, 0.4) is 0 Å². The molecule has 0 aliphatic carbocycles. The van der Waals surface area contributed by atoms with Crippen molar-refractivity contribution < 1.29 is 13.9 Å². The van der Waals surface area contributed by atoms with E-state index in [4.69, 9.17) is 9.05 Å². The standard InChI is InChI=1S/C30H47O3P/c1-19(2)11-25-15-23(9)16-26(12-20(3)4)29(25)32-34(31)33-30-27(13-21(5)6)17-24(10)18-28(30)14-22(7)8/h15-22,31H,11-14H2,1-10H3. The van der Waals surface area contributed by atoms with E-state index in [2.05, 4.69) is 93.5 Å². The first-order chi connectivity index (χ1) is 15.8. The van der Waals surface area contributed by atoms with Gasteiger partial charge in [0.05, 0.1) is 0 Å². The maximum absolute atomic E-state index is 11.1. The smallest absolute Gasteiger partial charge is 0.417 e. The summed E-state index contributed by atoms with van der Waals surface area (Å²) >= 11 is 0. The molecule has 0 saturated carbocycles. The highest BCUT2D eigenvalue weighted by atomic mass is 31.2. The van der Waals surface area contributed by atoms with Crippen LogP contribution in [-0.2, 0) is 25.7 Å². The molecule has 0 saturated heterocycles. The highest BCUT2D eigenvalue weighted by Gasteiger charge is 2.23. The van der Waals surface area contributed by atoms with Crippen LogP contribution < -0.4 is 9.05 Å². The van der Waals surface area contributed by atoms with Crippen LogP contribution in [-0.4, -0.2) is 4.89 Å². The molecule has 190 valence electrons. The lowest BCUT2D eigenvalue weighted by Gasteiger charge is -2.23. The Morgan fingerprint density at radius 1 is 0.559 bits per heavy atom. The third-order valence-corrected chi connectivity index (χ3v) is 6.30. The summed E-state index contributed by atoms with van der Waals surface area (Å²) < 4.78 is 12.6. The van der Waals surface area contributed by atoms with E-state index in [1.807, 2.05) is 0 Å². The van der Waals surface area contributed by atoms with E-state index in [0.29, 0.717) is 23.7 Å². The molecule has 0 heterocycles. The van der Waals surface area contributed by atoms with Gasteiger partial charge in [0.1, 0.15) is 11.5 Å². The Morgan fingerprint density at radius 2 is 0.794 bits per heavy atom. The second-order valence-electron chi connectivity index (χ2n) is 11.6. The third kappa shape index (κ3) is 8.90. The molecular formula is C30H47O3P. The Labute approximate surface area is 210 Å². The van der Waals surface area contributed by atoms with Crippen molar-refractivity contribution in [3.8, 4) is 11.5 Å². The number of rotatable bonds is 12. The summed E-state index contributed by atoms with van der Waals surface area (Å²) in [5.41, 5.74) is 7.10. The van der Waals surface area contributed by atoms with E-state index in [-0.39, 0.29) is 0 Å². The highest BCUT2D eigenvalue weighted by molar-refractivity contribution is 7.41. The van der Waals surface area contributed by atoms with E-state index in [9.17, 15) is 4.89 Å². The summed E-state index contributed by atoms with van der Waals surface area (Å²) in [6.07, 6.45) is 3.64. The first-order valence-corrected chi connectivity index (χ1v) is 14.1. The molecule has 0 atom stereocenters. The number of hydrogen-bond acceptors (Lipinski definition) is 3. The van der Waals surface area contributed by atoms with E-state index < -0.39 is 8.60 Å². The van der Waals surface area contributed by atoms with Crippen molar-refractivity contribution >= 4 is 8.60 Å². The second-order valence-corrected chi connectivity index (χ2v) is 12.5. The summed E-state index contributed by atoms with van der Waals surface area (Å²) in [6.45, 7) is 22.0. The molecule has 0 aliphatic rings. The average Bonchev–Trinajstić information content (AvgIpc) is 2.65. The van der Waals surface area contributed by atoms with Gasteiger partial charge < -0.3 is 13.9 Å². The Kier molecular flexibility index (Phi) is 10.9. The maximum atomic E-state index is 11.1. The predicted molar refractivity (Wildman–Crippen MR) is 147 cm³/mol. The van der Waals surface area contributed by atoms with Crippen LogP contribution in [0.1, 0.15) is 88.8 Å². The predicted octanol–water partition coefficient (Wildman–Crippen LogP) is 8.77. The zero-order valence-electron chi connectivity index (χ0n) is 23.2. The lowest BCUT2D eigenvalue weighted by molar-refractivity contribution is 0.371. The molecular weight excluding hydrogens is 439 g/mol. The SMILES string of the molecule is Cc1cc(CC(C)C)c(OP(O)Oc2c(CC(C)C)cc(C)cc2CC(C)C)c(CC(C)C)c1. The van der Waals surface area contributed by atoms with Crippen molar-refractivity contribution in [1.82, 2.24) is 0 Å². The zero-order chi connectivity index (χ0) is 25.6. The minimum Gasteiger partial charge on any atom is -0.417 e. The van der Waals surface area contributed by atoms with E-state index >= 15 is 0 Å². The monoisotopic (exact) mass is 486 g/mol. The molecule has 3 nitrogen and oxygen atoms in total. The Balaban J connectivity index is 2.46. The van der Waals surface area contributed by atoms with Gasteiger partial charge in [-0.3, -0.25) is 0 Å². The molecule has 0 radical (unpaired) electrons. The van der Waals surface area contributed by atoms with Crippen molar-refractivity contribution in [2.75, 3.05) is 0 Å². The first-order valence-electron chi connectivity index (χ1n) is 12.9. The van der Waals surface area contributed by atoms with Crippen molar-refractivity contribution in [2.45, 2.75) is 94.9 Å². The Hall–Kier alpha value is -1.57. The van der Waals surface area contributed by atoms with Crippen molar-refractivity contribution in [2.24, 2.45) is 23.7 Å². The number of aryl methyl sites for hydroxylation is 2. The van der Waals surface area contributed by atoms with Gasteiger partial charge in [-0.2, -0.15) is 0 Å². The molecule has 34 heavy (non-hydrogen) atoms. The van der Waals surface area contributed by atoms with Gasteiger partial charge in [-0.1, -0.05) is 90.8 Å². The minimum atomic E-state index is -2.12. The van der Waals surface area contributed by atoms with Crippen LogP contribution in [0, 0.1) is 37.5 Å². The molecule has 0 spiro atoms. The molecule has 0 unspecified atom stereocenters. The molecule has 2 aromatic rings. The fourth-order valence-electron chi connectivity index (χ4n) is 4.63. The van der Waals surface area contributed by atoms with Gasteiger partial charge in [-0.25, -0.2) is 0 Å². The summed E-state index contributed by atoms with van der Waals surface area (Å²) in [4.78, 5) is 11.1. The molecule has 0 aliphatic heterocycles. The number of benzene rings is 2. The second kappa shape index (κ2) is 12.9. The summed E-state index contributed by atoms with van der Waals surface area (Å²) in [5, 5.41) is 0. The lowest BCUT2D eigenvalue weighted by atomic mass is 9.93. The van der Waals surface area contributed by atoms with Crippen molar-refractivity contribution in [3.05, 3.63) is 57.6 Å². The van der Waals surface area contributed by atoms with Crippen LogP contribution in [0.5, 0.6) is 11.5 Å². The van der Waals surface area contributed by atoms with Gasteiger partial charge in [0.15, 0.2) is 0 Å². The van der Waals surface area contributed by atoms with Gasteiger partial charge in [-0.15, -0.1) is 0 Å². The molecule has 0 fully saturated rings. The summed E-state index contributed by atoms with van der Waals surface area (Å²) in [7, 11) is -2.12. The van der Waals surface area contributed by atoms with Crippen LogP contribution in [0.2, 0.25) is 0 Å². The van der Waals surface area contributed by atoms with E-state index in [1.165, 1.54) is 11.1 Å². The maximum Gasteiger partial charge on any atom is 0.460 e. The quantitative estimate of drug-likeness (QED) is 0.305. The summed E-state index contributed by atoms with van der Waals surface area (Å²) in [5.74, 6) is 3.60. The normalized spacial score (nSPS) is 12.0. The first kappa shape index (κ1) is 28.7. The summed E-state index contributed by atoms with van der Waals surface area (Å²) in [6, 6.07) is 8.79. The fraction of sp³-hybridized carbons (Fsp3) is 0.600. The Bertz CT molecular complexity index is 793. The molecule has 0 amide bonds. The van der Waals surface area contributed by atoms with E-state index in [0.717, 1.165) is 59.4 Å². The number of hydrogen-bond donors (Lipinski definition) is 1. The van der Waals surface area contributed by atoms with Crippen LogP contribution >= 0.6 is 8.60 Å². The lowest BCUT2D eigenvalue weighted by Crippen LogP contribution is -2.08. The zero-order valence-corrected chi connectivity index (χ0v) is 24.1. The largest absolute Gasteiger partial charge is 0.460 e. The van der Waals surface area contributed by atoms with Gasteiger partial charge in [0, 0.05) is 0 Å². The van der Waals surface area contributed by atoms with E-state index in [1.54, 1.807) is 0 Å². The van der Waals surface area contributed by atoms with Gasteiger partial charge in [-0.05, 0) is 85.5 Å². The van der Waals surface area contributed by atoms with Gasteiger partial charge in [0.2, 0.25) is 0 Å². The van der Waals surface area contributed by atoms with Crippen molar-refractivity contribution in [1.29, 1.82) is 0 Å². The van der Waals surface area contributed by atoms with Crippen LogP contribution in [0.15, 0.2) is 24.3 Å². The molecule has 0 bridgehead atoms. The van der Waals surface area contributed by atoms with Crippen molar-refractivity contribution in [3.63, 3.8) is 0 Å². The molecule has 0 aromatic heterocycles. The van der Waals surface area contributed by atoms with Gasteiger partial charge in [0.25, 0.3) is 0 Å². The third-order valence-electron chi connectivity index (χ3n) is 5.63. The minimum absolute atomic E-state index is 0.495. The molecule has 2 aromatic carbocycles. The van der Waals surface area contributed by atoms with Crippen LogP contribution in [0.4, 0.5) is 0 Å². The average molecular weight is 487 g/mol. The fourth-order valence-corrected chi connectivity index (χ4v) is 5.45. The van der Waals surface area contributed by atoms with Gasteiger partial charge >= 0.3 is 8.60 Å². The highest BCUT2D eigenvalue weighted by Crippen LogP contribution is 2.44. The Morgan fingerprint density at radius 3 is 1.00 bits per heavy atom. The molecule has 2 rings (SSSR count). The molecule has 4 heteroatoms. The van der Waals surface area contributed by atoms with Crippen LogP contribution in [0.25, 0.3) is 0 Å².